The number of carbonyl (C=O) groups excluding carboxylic acids is 2. The summed E-state index contributed by atoms with van der Waals surface area (Å²) in [4.78, 5) is 25.7. The topological polar surface area (TPSA) is 66.8 Å². The summed E-state index contributed by atoms with van der Waals surface area (Å²) >= 11 is 4.59. The van der Waals surface area contributed by atoms with Crippen LogP contribution in [0.4, 0.5) is 0 Å². The van der Waals surface area contributed by atoms with Crippen LogP contribution in [0.1, 0.15) is 60.3 Å². The zero-order chi connectivity index (χ0) is 21.7. The molecule has 0 saturated heterocycles. The Bertz CT molecular complexity index is 588. The van der Waals surface area contributed by atoms with Gasteiger partial charge in [-0.25, -0.2) is 4.79 Å². The van der Waals surface area contributed by atoms with E-state index in [2.05, 4.69) is 38.1 Å². The number of rotatable bonds is 7. The van der Waals surface area contributed by atoms with E-state index in [9.17, 15) is 14.7 Å². The second-order valence-electron chi connectivity index (χ2n) is 7.55. The van der Waals surface area contributed by atoms with Gasteiger partial charge in [-0.1, -0.05) is 46.8 Å². The van der Waals surface area contributed by atoms with E-state index in [0.717, 1.165) is 30.5 Å². The van der Waals surface area contributed by atoms with Gasteiger partial charge in [-0.2, -0.15) is 12.6 Å². The standard InChI is InChI=1S/C20H31NO4S.C2H6/c1-20(2,3)11-10-18(23)21(12-13-22)16-6-5-7-17(26)15(14-16)8-9-19(24)25-4;1-2/h6,8-9,14,17,22,26H,5,7,10-13H2,1-4H3;1-2H3/b9-8+;. The van der Waals surface area contributed by atoms with Crippen LogP contribution < -0.4 is 0 Å². The molecule has 1 aliphatic rings. The van der Waals surface area contributed by atoms with Crippen molar-refractivity contribution in [1.29, 1.82) is 0 Å². The van der Waals surface area contributed by atoms with Crippen LogP contribution >= 0.6 is 12.6 Å². The fourth-order valence-electron chi connectivity index (χ4n) is 2.58. The van der Waals surface area contributed by atoms with Gasteiger partial charge in [0.15, 0.2) is 0 Å². The van der Waals surface area contributed by atoms with Gasteiger partial charge in [0.1, 0.15) is 0 Å². The van der Waals surface area contributed by atoms with Crippen molar-refractivity contribution in [3.05, 3.63) is 35.6 Å². The van der Waals surface area contributed by atoms with E-state index in [1.165, 1.54) is 13.2 Å². The number of hydrogen-bond donors (Lipinski definition) is 2. The van der Waals surface area contributed by atoms with Crippen molar-refractivity contribution >= 4 is 24.5 Å². The molecule has 1 unspecified atom stereocenters. The third-order valence-electron chi connectivity index (χ3n) is 4.13. The molecule has 0 aliphatic heterocycles. The fraction of sp³-hybridized carbons (Fsp3) is 0.636. The lowest BCUT2D eigenvalue weighted by molar-refractivity contribution is -0.135. The Labute approximate surface area is 175 Å². The lowest BCUT2D eigenvalue weighted by atomic mass is 9.90. The maximum absolute atomic E-state index is 12.7. The van der Waals surface area contributed by atoms with Gasteiger partial charge in [0.25, 0.3) is 0 Å². The molecule has 0 spiro atoms. The van der Waals surface area contributed by atoms with Gasteiger partial charge < -0.3 is 14.7 Å². The second kappa shape index (κ2) is 13.6. The van der Waals surface area contributed by atoms with Crippen molar-refractivity contribution in [1.82, 2.24) is 4.90 Å². The Kier molecular flexibility index (Phi) is 12.9. The summed E-state index contributed by atoms with van der Waals surface area (Å²) in [6.45, 7) is 10.4. The molecule has 0 aromatic rings. The highest BCUT2D eigenvalue weighted by Gasteiger charge is 2.22. The largest absolute Gasteiger partial charge is 0.466 e. The second-order valence-corrected chi connectivity index (χ2v) is 8.18. The van der Waals surface area contributed by atoms with E-state index in [1.54, 1.807) is 11.0 Å². The number of allylic oxidation sites excluding steroid dienone is 3. The number of thiol groups is 1. The third-order valence-corrected chi connectivity index (χ3v) is 4.69. The minimum absolute atomic E-state index is 0.00890. The first-order chi connectivity index (χ1) is 13.2. The quantitative estimate of drug-likeness (QED) is 0.373. The number of esters is 1. The Hall–Kier alpha value is -1.53. The number of amides is 1. The van der Waals surface area contributed by atoms with E-state index in [0.29, 0.717) is 6.42 Å². The van der Waals surface area contributed by atoms with Crippen LogP contribution in [-0.4, -0.2) is 47.4 Å². The normalized spacial score (nSPS) is 17.1. The zero-order valence-corrected chi connectivity index (χ0v) is 19.1. The molecule has 1 atom stereocenters. The maximum atomic E-state index is 12.7. The van der Waals surface area contributed by atoms with Crippen molar-refractivity contribution in [2.24, 2.45) is 5.41 Å². The number of nitrogens with zero attached hydrogens (tertiary/aromatic N) is 1. The fourth-order valence-corrected chi connectivity index (χ4v) is 2.89. The lowest BCUT2D eigenvalue weighted by Gasteiger charge is -2.25. The molecule has 0 saturated carbocycles. The highest BCUT2D eigenvalue weighted by atomic mass is 32.1. The van der Waals surface area contributed by atoms with Crippen molar-refractivity contribution in [3.63, 3.8) is 0 Å². The Morgan fingerprint density at radius 1 is 1.36 bits per heavy atom. The molecule has 6 heteroatoms. The van der Waals surface area contributed by atoms with Gasteiger partial charge in [-0.05, 0) is 36.3 Å². The number of aliphatic hydroxyl groups is 1. The molecule has 1 N–H and O–H groups in total. The minimum Gasteiger partial charge on any atom is -0.466 e. The van der Waals surface area contributed by atoms with Crippen LogP contribution in [0.3, 0.4) is 0 Å². The molecular weight excluding hydrogens is 374 g/mol. The number of carbonyl (C=O) groups is 2. The molecular formula is C22H37NO4S. The highest BCUT2D eigenvalue weighted by Crippen LogP contribution is 2.27. The van der Waals surface area contributed by atoms with Crippen molar-refractivity contribution in [3.8, 4) is 0 Å². The van der Waals surface area contributed by atoms with Crippen LogP contribution in [0, 0.1) is 5.41 Å². The molecule has 1 amide bonds. The molecule has 0 aromatic heterocycles. The number of aliphatic hydroxyl groups excluding tert-OH is 1. The van der Waals surface area contributed by atoms with Crippen LogP contribution in [0.25, 0.3) is 0 Å². The smallest absolute Gasteiger partial charge is 0.330 e. The first-order valence-corrected chi connectivity index (χ1v) is 10.5. The summed E-state index contributed by atoms with van der Waals surface area (Å²) in [5, 5.41) is 9.37. The van der Waals surface area contributed by atoms with Gasteiger partial charge in [0.2, 0.25) is 5.91 Å². The van der Waals surface area contributed by atoms with Crippen LogP contribution in [-0.2, 0) is 14.3 Å². The van der Waals surface area contributed by atoms with Crippen molar-refractivity contribution in [2.75, 3.05) is 20.3 Å². The van der Waals surface area contributed by atoms with Crippen molar-refractivity contribution < 1.29 is 19.4 Å². The third kappa shape index (κ3) is 10.1. The predicted octanol–water partition coefficient (Wildman–Crippen LogP) is 4.29. The van der Waals surface area contributed by atoms with E-state index in [4.69, 9.17) is 0 Å². The van der Waals surface area contributed by atoms with Gasteiger partial charge >= 0.3 is 5.97 Å². The Morgan fingerprint density at radius 2 is 2.00 bits per heavy atom. The minimum atomic E-state index is -0.435. The summed E-state index contributed by atoms with van der Waals surface area (Å²) < 4.78 is 4.63. The first-order valence-electron chi connectivity index (χ1n) is 9.95. The SMILES string of the molecule is CC.COC(=O)/C=C/C1=CC(N(CCO)C(=O)CCC(C)(C)C)=CCCC1S. The molecule has 0 bridgehead atoms. The monoisotopic (exact) mass is 411 g/mol. The first kappa shape index (κ1) is 26.5. The highest BCUT2D eigenvalue weighted by molar-refractivity contribution is 7.81. The van der Waals surface area contributed by atoms with Gasteiger partial charge in [-0.15, -0.1) is 0 Å². The van der Waals surface area contributed by atoms with Crippen LogP contribution in [0.15, 0.2) is 35.6 Å². The number of ether oxygens (including phenoxy) is 1. The molecule has 0 fully saturated rings. The molecule has 0 radical (unpaired) electrons. The Balaban J connectivity index is 0.00000352. The van der Waals surface area contributed by atoms with Gasteiger partial charge in [0, 0.05) is 30.0 Å². The zero-order valence-electron chi connectivity index (χ0n) is 18.2. The summed E-state index contributed by atoms with van der Waals surface area (Å²) in [7, 11) is 1.33. The molecule has 5 nitrogen and oxygen atoms in total. The molecule has 28 heavy (non-hydrogen) atoms. The molecule has 160 valence electrons. The van der Waals surface area contributed by atoms with Gasteiger partial charge in [0.05, 0.1) is 13.7 Å². The van der Waals surface area contributed by atoms with Crippen LogP contribution in [0.5, 0.6) is 0 Å². The van der Waals surface area contributed by atoms with E-state index >= 15 is 0 Å². The lowest BCUT2D eigenvalue weighted by Crippen LogP contribution is -2.33. The maximum Gasteiger partial charge on any atom is 0.330 e. The predicted molar refractivity (Wildman–Crippen MR) is 118 cm³/mol. The number of methoxy groups -OCH3 is 1. The molecule has 0 aromatic carbocycles. The van der Waals surface area contributed by atoms with E-state index in [-0.39, 0.29) is 29.7 Å². The molecule has 0 heterocycles. The number of hydrogen-bond acceptors (Lipinski definition) is 5. The summed E-state index contributed by atoms with van der Waals surface area (Å²) in [5.74, 6) is -0.444. The molecule has 1 aliphatic carbocycles. The summed E-state index contributed by atoms with van der Waals surface area (Å²) in [5.41, 5.74) is 1.66. The average molecular weight is 412 g/mol. The molecule has 1 rings (SSSR count). The van der Waals surface area contributed by atoms with Crippen molar-refractivity contribution in [2.45, 2.75) is 65.6 Å². The average Bonchev–Trinajstić information content (AvgIpc) is 2.84. The van der Waals surface area contributed by atoms with E-state index in [1.807, 2.05) is 26.0 Å². The Morgan fingerprint density at radius 3 is 2.54 bits per heavy atom. The van der Waals surface area contributed by atoms with Crippen LogP contribution in [0.2, 0.25) is 0 Å². The van der Waals surface area contributed by atoms with Gasteiger partial charge in [-0.3, -0.25) is 4.79 Å². The van der Waals surface area contributed by atoms with E-state index < -0.39 is 5.97 Å². The summed E-state index contributed by atoms with van der Waals surface area (Å²) in [6, 6.07) is 0. The summed E-state index contributed by atoms with van der Waals surface area (Å²) in [6.07, 6.45) is 9.66.